The van der Waals surface area contributed by atoms with Crippen molar-refractivity contribution in [3.05, 3.63) is 0 Å². The van der Waals surface area contributed by atoms with Crippen LogP contribution in [0.15, 0.2) is 0 Å². The largest absolute Gasteiger partial charge is 0.466 e. The zero-order valence-electron chi connectivity index (χ0n) is 28.4. The highest BCUT2D eigenvalue weighted by Gasteiger charge is 2.34. The fourth-order valence-corrected chi connectivity index (χ4v) is 4.59. The molecule has 15 heteroatoms. The van der Waals surface area contributed by atoms with Crippen molar-refractivity contribution in [2.45, 2.75) is 110 Å². The van der Waals surface area contributed by atoms with E-state index in [1.165, 1.54) is 0 Å². The van der Waals surface area contributed by atoms with Crippen molar-refractivity contribution in [1.82, 2.24) is 0 Å². The lowest BCUT2D eigenvalue weighted by atomic mass is 9.88. The Balaban J connectivity index is 4.80. The number of carbonyl (C=O) groups excluding carboxylic acids is 6. The van der Waals surface area contributed by atoms with E-state index in [-0.39, 0.29) is 96.1 Å². The molecule has 278 valence electrons. The molecule has 0 atom stereocenters. The zero-order valence-corrected chi connectivity index (χ0v) is 31.1. The Kier molecular flexibility index (Phi) is 29.5. The number of carbonyl (C=O) groups is 6. The summed E-state index contributed by atoms with van der Waals surface area (Å²) in [6.45, 7) is 2.40. The topological polar surface area (TPSA) is 158 Å². The lowest BCUT2D eigenvalue weighted by Crippen LogP contribution is -2.39. The number of thiol groups is 3. The monoisotopic (exact) mass is 740 g/mol. The second kappa shape index (κ2) is 30.9. The highest BCUT2D eigenvalue weighted by Crippen LogP contribution is 2.25. The molecule has 0 rings (SSSR count). The van der Waals surface area contributed by atoms with Crippen molar-refractivity contribution in [2.24, 2.45) is 5.41 Å². The van der Waals surface area contributed by atoms with Crippen LogP contribution in [0, 0.1) is 5.41 Å². The Hall–Kier alpha value is -2.13. The van der Waals surface area contributed by atoms with Gasteiger partial charge in [0, 0.05) is 36.5 Å². The second-order valence-electron chi connectivity index (χ2n) is 11.3. The van der Waals surface area contributed by atoms with Crippen LogP contribution in [0.4, 0.5) is 0 Å². The van der Waals surface area contributed by atoms with E-state index >= 15 is 0 Å². The number of unbranched alkanes of at least 4 members (excludes halogenated alkanes) is 6. The van der Waals surface area contributed by atoms with Crippen molar-refractivity contribution >= 4 is 73.7 Å². The Morgan fingerprint density at radius 1 is 0.396 bits per heavy atom. The molecule has 0 fully saturated rings. The molecule has 0 aromatic rings. The van der Waals surface area contributed by atoms with E-state index in [4.69, 9.17) is 28.4 Å². The standard InChI is InChI=1S/C33H56O12S3/c1-2-33(24-43-27(34)12-6-3-9-18-40-30(37)15-21-46,25-44-28(35)13-7-4-10-19-41-31(38)16-22-47)26-45-29(36)14-8-5-11-20-42-32(39)17-23-48/h46-48H,2-26H2,1H3. The Morgan fingerprint density at radius 2 is 0.667 bits per heavy atom. The van der Waals surface area contributed by atoms with Crippen LogP contribution >= 0.6 is 37.9 Å². The molecule has 0 saturated carbocycles. The van der Waals surface area contributed by atoms with Gasteiger partial charge < -0.3 is 28.4 Å². The van der Waals surface area contributed by atoms with Crippen LogP contribution in [-0.2, 0) is 57.2 Å². The predicted octanol–water partition coefficient (Wildman–Crippen LogP) is 5.28. The van der Waals surface area contributed by atoms with Crippen LogP contribution in [-0.4, -0.2) is 92.7 Å². The minimum absolute atomic E-state index is 0.0977. The lowest BCUT2D eigenvalue weighted by molar-refractivity contribution is -0.163. The molecule has 0 heterocycles. The second-order valence-corrected chi connectivity index (χ2v) is 12.7. The molecule has 0 amide bonds. The quantitative estimate of drug-likeness (QED) is 0.0366. The minimum atomic E-state index is -0.926. The fraction of sp³-hybridized carbons (Fsp3) is 0.818. The summed E-state index contributed by atoms with van der Waals surface area (Å²) in [6.07, 6.45) is 7.21. The van der Waals surface area contributed by atoms with Crippen molar-refractivity contribution in [3.63, 3.8) is 0 Å². The SMILES string of the molecule is CCC(COC(=O)CCCCCOC(=O)CCS)(COC(=O)CCCCCOC(=O)CCS)COC(=O)CCCCCOC(=O)CCS. The summed E-state index contributed by atoms with van der Waals surface area (Å²) in [5.74, 6) is -0.898. The molecule has 0 aliphatic heterocycles. The fourth-order valence-electron chi connectivity index (χ4n) is 4.04. The molecule has 0 unspecified atom stereocenters. The summed E-state index contributed by atoms with van der Waals surface area (Å²) in [6, 6.07) is 0. The first kappa shape index (κ1) is 45.9. The van der Waals surface area contributed by atoms with Gasteiger partial charge in [-0.1, -0.05) is 6.92 Å². The minimum Gasteiger partial charge on any atom is -0.466 e. The van der Waals surface area contributed by atoms with E-state index in [2.05, 4.69) is 37.9 Å². The summed E-state index contributed by atoms with van der Waals surface area (Å²) in [4.78, 5) is 71.8. The van der Waals surface area contributed by atoms with Gasteiger partial charge in [0.1, 0.15) is 19.8 Å². The maximum Gasteiger partial charge on any atom is 0.306 e. The lowest BCUT2D eigenvalue weighted by Gasteiger charge is -2.31. The molecule has 0 bridgehead atoms. The molecule has 0 aliphatic rings. The van der Waals surface area contributed by atoms with Crippen molar-refractivity contribution in [1.29, 1.82) is 0 Å². The van der Waals surface area contributed by atoms with Crippen LogP contribution in [0.25, 0.3) is 0 Å². The van der Waals surface area contributed by atoms with Crippen molar-refractivity contribution in [2.75, 3.05) is 56.9 Å². The third-order valence-corrected chi connectivity index (χ3v) is 7.85. The smallest absolute Gasteiger partial charge is 0.306 e. The number of rotatable bonds is 31. The zero-order chi connectivity index (χ0) is 35.9. The predicted molar refractivity (Wildman–Crippen MR) is 189 cm³/mol. The molecular formula is C33H56O12S3. The summed E-state index contributed by atoms with van der Waals surface area (Å²) in [5, 5.41) is 0. The summed E-state index contributed by atoms with van der Waals surface area (Å²) in [5.41, 5.74) is -0.926. The normalized spacial score (nSPS) is 11.0. The highest BCUT2D eigenvalue weighted by molar-refractivity contribution is 7.80. The molecule has 0 aromatic carbocycles. The molecule has 12 nitrogen and oxygen atoms in total. The first-order chi connectivity index (χ1) is 23.1. The van der Waals surface area contributed by atoms with Crippen LogP contribution < -0.4 is 0 Å². The first-order valence-electron chi connectivity index (χ1n) is 16.9. The molecule has 0 spiro atoms. The number of hydrogen-bond donors (Lipinski definition) is 3. The van der Waals surface area contributed by atoms with Gasteiger partial charge in [0.05, 0.1) is 44.5 Å². The molecule has 0 aromatic heterocycles. The highest BCUT2D eigenvalue weighted by atomic mass is 32.1. The Bertz CT molecular complexity index is 819. The third kappa shape index (κ3) is 26.8. The van der Waals surface area contributed by atoms with E-state index in [0.29, 0.717) is 81.5 Å². The Morgan fingerprint density at radius 3 is 0.917 bits per heavy atom. The van der Waals surface area contributed by atoms with Gasteiger partial charge in [-0.2, -0.15) is 37.9 Å². The van der Waals surface area contributed by atoms with E-state index in [0.717, 1.165) is 0 Å². The van der Waals surface area contributed by atoms with Gasteiger partial charge in [0.15, 0.2) is 0 Å². The van der Waals surface area contributed by atoms with E-state index < -0.39 is 23.3 Å². The van der Waals surface area contributed by atoms with E-state index in [1.54, 1.807) is 0 Å². The summed E-state index contributed by atoms with van der Waals surface area (Å²) in [7, 11) is 0. The first-order valence-corrected chi connectivity index (χ1v) is 18.8. The van der Waals surface area contributed by atoms with Gasteiger partial charge in [-0.3, -0.25) is 28.8 Å². The average Bonchev–Trinajstić information content (AvgIpc) is 3.06. The van der Waals surface area contributed by atoms with Crippen molar-refractivity contribution < 1.29 is 57.2 Å². The maximum atomic E-state index is 12.5. The number of hydrogen-bond acceptors (Lipinski definition) is 15. The molecule has 0 aliphatic carbocycles. The Labute approximate surface area is 302 Å². The van der Waals surface area contributed by atoms with E-state index in [9.17, 15) is 28.8 Å². The molecule has 48 heavy (non-hydrogen) atoms. The molecule has 0 saturated heterocycles. The molecule has 0 N–H and O–H groups in total. The average molecular weight is 741 g/mol. The molecular weight excluding hydrogens is 685 g/mol. The van der Waals surface area contributed by atoms with Gasteiger partial charge in [0.2, 0.25) is 0 Å². The molecule has 0 radical (unpaired) electrons. The summed E-state index contributed by atoms with van der Waals surface area (Å²) >= 11 is 12.0. The van der Waals surface area contributed by atoms with E-state index in [1.807, 2.05) is 6.92 Å². The van der Waals surface area contributed by atoms with Gasteiger partial charge in [-0.05, 0) is 64.2 Å². The van der Waals surface area contributed by atoms with Gasteiger partial charge >= 0.3 is 35.8 Å². The van der Waals surface area contributed by atoms with Crippen molar-refractivity contribution in [3.8, 4) is 0 Å². The summed E-state index contributed by atoms with van der Waals surface area (Å²) < 4.78 is 31.9. The van der Waals surface area contributed by atoms with Crippen LogP contribution in [0.5, 0.6) is 0 Å². The maximum absolute atomic E-state index is 12.5. The third-order valence-electron chi connectivity index (χ3n) is 7.18. The van der Waals surface area contributed by atoms with Crippen LogP contribution in [0.1, 0.15) is 110 Å². The van der Waals surface area contributed by atoms with Gasteiger partial charge in [-0.15, -0.1) is 0 Å². The van der Waals surface area contributed by atoms with Crippen LogP contribution in [0.2, 0.25) is 0 Å². The van der Waals surface area contributed by atoms with Gasteiger partial charge in [0.25, 0.3) is 0 Å². The number of ether oxygens (including phenoxy) is 6. The van der Waals surface area contributed by atoms with Crippen LogP contribution in [0.3, 0.4) is 0 Å². The van der Waals surface area contributed by atoms with Gasteiger partial charge in [-0.25, -0.2) is 0 Å². The number of esters is 6.